The molecule has 2 heterocycles. The van der Waals surface area contributed by atoms with Crippen molar-refractivity contribution >= 4 is 28.2 Å². The highest BCUT2D eigenvalue weighted by Crippen LogP contribution is 2.34. The first kappa shape index (κ1) is 11.9. The Morgan fingerprint density at radius 1 is 1.32 bits per heavy atom. The number of nitrogens with one attached hydrogen (secondary N) is 1. The van der Waals surface area contributed by atoms with Crippen LogP contribution in [0.1, 0.15) is 5.56 Å². The molecule has 2 aromatic heterocycles. The van der Waals surface area contributed by atoms with Crippen molar-refractivity contribution in [1.82, 2.24) is 4.98 Å². The van der Waals surface area contributed by atoms with Crippen LogP contribution in [-0.4, -0.2) is 16.1 Å². The van der Waals surface area contributed by atoms with Gasteiger partial charge in [0.2, 0.25) is 0 Å². The minimum absolute atomic E-state index is 0.128. The average molecular weight is 275 g/mol. The van der Waals surface area contributed by atoms with Crippen molar-refractivity contribution in [3.8, 4) is 10.6 Å². The number of rotatable bonds is 3. The third-order valence-corrected chi connectivity index (χ3v) is 3.87. The molecule has 3 aromatic rings. The molecule has 5 heteroatoms. The first-order valence-corrected chi connectivity index (χ1v) is 6.59. The molecule has 0 aliphatic heterocycles. The third-order valence-electron chi connectivity index (χ3n) is 2.99. The Balaban J connectivity index is 2.31. The first-order chi connectivity index (χ1) is 9.16. The van der Waals surface area contributed by atoms with E-state index in [1.807, 2.05) is 17.5 Å². The molecule has 0 saturated carbocycles. The Bertz CT molecular complexity index is 746. The zero-order chi connectivity index (χ0) is 13.4. The van der Waals surface area contributed by atoms with Crippen LogP contribution >= 0.6 is 11.3 Å². The van der Waals surface area contributed by atoms with E-state index in [0.717, 1.165) is 4.88 Å². The molecule has 0 aliphatic carbocycles. The summed E-state index contributed by atoms with van der Waals surface area (Å²) in [5.74, 6) is -1.30. The van der Waals surface area contributed by atoms with Gasteiger partial charge in [0.15, 0.2) is 0 Å². The highest BCUT2D eigenvalue weighted by Gasteiger charge is 2.17. The number of H-pyrrole nitrogens is 1. The lowest BCUT2D eigenvalue weighted by atomic mass is 10.1. The number of carbonyl (C=O) groups is 1. The molecule has 0 spiro atoms. The van der Waals surface area contributed by atoms with Gasteiger partial charge in [0.1, 0.15) is 5.82 Å². The van der Waals surface area contributed by atoms with Crippen LogP contribution in [0, 0.1) is 5.82 Å². The maximum atomic E-state index is 13.8. The summed E-state index contributed by atoms with van der Waals surface area (Å²) in [5, 5.41) is 11.6. The van der Waals surface area contributed by atoms with E-state index in [2.05, 4.69) is 4.98 Å². The fourth-order valence-corrected chi connectivity index (χ4v) is 2.96. The van der Waals surface area contributed by atoms with Gasteiger partial charge >= 0.3 is 5.97 Å². The Labute approximate surface area is 112 Å². The lowest BCUT2D eigenvalue weighted by molar-refractivity contribution is -0.136. The molecular weight excluding hydrogens is 265 g/mol. The summed E-state index contributed by atoms with van der Waals surface area (Å²) < 4.78 is 13.8. The molecule has 0 unspecified atom stereocenters. The molecule has 3 rings (SSSR count). The van der Waals surface area contributed by atoms with Gasteiger partial charge in [0, 0.05) is 5.39 Å². The van der Waals surface area contributed by atoms with E-state index in [4.69, 9.17) is 5.11 Å². The molecule has 1 aromatic carbocycles. The zero-order valence-electron chi connectivity index (χ0n) is 9.81. The first-order valence-electron chi connectivity index (χ1n) is 5.71. The van der Waals surface area contributed by atoms with Gasteiger partial charge in [-0.3, -0.25) is 4.79 Å². The van der Waals surface area contributed by atoms with Gasteiger partial charge in [0.25, 0.3) is 0 Å². The summed E-state index contributed by atoms with van der Waals surface area (Å²) in [5.41, 5.74) is 1.68. The molecule has 0 amide bonds. The molecule has 0 radical (unpaired) electrons. The number of aromatic amines is 1. The summed E-state index contributed by atoms with van der Waals surface area (Å²) in [7, 11) is 0. The lowest BCUT2D eigenvalue weighted by Gasteiger charge is -1.99. The molecule has 0 atom stereocenters. The summed E-state index contributed by atoms with van der Waals surface area (Å²) in [4.78, 5) is 14.9. The van der Waals surface area contributed by atoms with Gasteiger partial charge in [-0.25, -0.2) is 4.39 Å². The van der Waals surface area contributed by atoms with Crippen molar-refractivity contribution in [3.05, 3.63) is 47.1 Å². The number of aromatic nitrogens is 1. The van der Waals surface area contributed by atoms with E-state index in [1.54, 1.807) is 12.1 Å². The number of hydrogen-bond donors (Lipinski definition) is 2. The van der Waals surface area contributed by atoms with Crippen molar-refractivity contribution < 1.29 is 14.3 Å². The van der Waals surface area contributed by atoms with Gasteiger partial charge in [-0.05, 0) is 23.1 Å². The van der Waals surface area contributed by atoms with Crippen LogP contribution in [0.25, 0.3) is 21.5 Å². The van der Waals surface area contributed by atoms with Gasteiger partial charge in [-0.2, -0.15) is 0 Å². The predicted molar refractivity (Wildman–Crippen MR) is 72.9 cm³/mol. The average Bonchev–Trinajstić information content (AvgIpc) is 2.97. The second-order valence-corrected chi connectivity index (χ2v) is 5.14. The van der Waals surface area contributed by atoms with Crippen molar-refractivity contribution in [2.75, 3.05) is 0 Å². The molecule has 0 aliphatic rings. The van der Waals surface area contributed by atoms with Gasteiger partial charge in [-0.15, -0.1) is 11.3 Å². The molecule has 3 nitrogen and oxygen atoms in total. The van der Waals surface area contributed by atoms with Gasteiger partial charge in [-0.1, -0.05) is 18.2 Å². The quantitative estimate of drug-likeness (QED) is 0.766. The second kappa shape index (κ2) is 4.51. The van der Waals surface area contributed by atoms with Crippen molar-refractivity contribution in [2.45, 2.75) is 6.42 Å². The number of fused-ring (bicyclic) bond motifs is 1. The minimum Gasteiger partial charge on any atom is -0.481 e. The summed E-state index contributed by atoms with van der Waals surface area (Å²) in [6, 6.07) is 8.46. The van der Waals surface area contributed by atoms with Gasteiger partial charge in [0.05, 0.1) is 22.5 Å². The van der Waals surface area contributed by atoms with Crippen molar-refractivity contribution in [1.29, 1.82) is 0 Å². The maximum Gasteiger partial charge on any atom is 0.307 e. The van der Waals surface area contributed by atoms with E-state index >= 15 is 0 Å². The molecule has 2 N–H and O–H groups in total. The zero-order valence-corrected chi connectivity index (χ0v) is 10.6. The van der Waals surface area contributed by atoms with Crippen LogP contribution in [0.5, 0.6) is 0 Å². The molecule has 0 fully saturated rings. The number of para-hydroxylation sites is 1. The normalized spacial score (nSPS) is 11.0. The van der Waals surface area contributed by atoms with Crippen LogP contribution in [-0.2, 0) is 11.2 Å². The highest BCUT2D eigenvalue weighted by atomic mass is 32.1. The van der Waals surface area contributed by atoms with E-state index in [9.17, 15) is 9.18 Å². The molecule has 19 heavy (non-hydrogen) atoms. The Morgan fingerprint density at radius 2 is 2.16 bits per heavy atom. The van der Waals surface area contributed by atoms with Crippen LogP contribution in [0.15, 0.2) is 35.7 Å². The molecule has 96 valence electrons. The number of benzene rings is 1. The van der Waals surface area contributed by atoms with Crippen molar-refractivity contribution in [3.63, 3.8) is 0 Å². The largest absolute Gasteiger partial charge is 0.481 e. The summed E-state index contributed by atoms with van der Waals surface area (Å²) in [6.07, 6.45) is -0.128. The van der Waals surface area contributed by atoms with Crippen LogP contribution in [0.2, 0.25) is 0 Å². The van der Waals surface area contributed by atoms with E-state index in [1.165, 1.54) is 17.4 Å². The fourth-order valence-electron chi connectivity index (χ4n) is 2.20. The van der Waals surface area contributed by atoms with Crippen LogP contribution in [0.3, 0.4) is 0 Å². The number of carboxylic acids is 1. The highest BCUT2D eigenvalue weighted by molar-refractivity contribution is 7.13. The third kappa shape index (κ3) is 2.02. The van der Waals surface area contributed by atoms with Crippen LogP contribution < -0.4 is 0 Å². The SMILES string of the molecule is O=C(O)Cc1c(-c2cccs2)[nH]c2c(F)cccc12. The smallest absolute Gasteiger partial charge is 0.307 e. The number of hydrogen-bond acceptors (Lipinski definition) is 2. The molecule has 0 saturated heterocycles. The number of halogens is 1. The topological polar surface area (TPSA) is 53.1 Å². The van der Waals surface area contributed by atoms with E-state index in [-0.39, 0.29) is 12.2 Å². The number of carboxylic acid groups (broad SMARTS) is 1. The van der Waals surface area contributed by atoms with Crippen molar-refractivity contribution in [2.24, 2.45) is 0 Å². The Hall–Kier alpha value is -2.14. The van der Waals surface area contributed by atoms with Gasteiger partial charge < -0.3 is 10.1 Å². The standard InChI is InChI=1S/C14H10FNO2S/c15-10-4-1-3-8-9(7-12(17)18)14(16-13(8)10)11-5-2-6-19-11/h1-6,16H,7H2,(H,17,18). The van der Waals surface area contributed by atoms with E-state index in [0.29, 0.717) is 22.2 Å². The Morgan fingerprint density at radius 3 is 2.84 bits per heavy atom. The molecular formula is C14H10FNO2S. The summed E-state index contributed by atoms with van der Waals surface area (Å²) >= 11 is 1.49. The number of thiophene rings is 1. The second-order valence-electron chi connectivity index (χ2n) is 4.19. The maximum absolute atomic E-state index is 13.8. The monoisotopic (exact) mass is 275 g/mol. The van der Waals surface area contributed by atoms with Crippen LogP contribution in [0.4, 0.5) is 4.39 Å². The fraction of sp³-hybridized carbons (Fsp3) is 0.0714. The predicted octanol–water partition coefficient (Wildman–Crippen LogP) is 3.66. The lowest BCUT2D eigenvalue weighted by Crippen LogP contribution is -2.00. The number of aliphatic carboxylic acids is 1. The molecule has 0 bridgehead atoms. The summed E-state index contributed by atoms with van der Waals surface area (Å²) in [6.45, 7) is 0. The Kier molecular flexibility index (Phi) is 2.83. The van der Waals surface area contributed by atoms with E-state index < -0.39 is 5.97 Å². The minimum atomic E-state index is -0.928.